The molecule has 0 aliphatic rings. The van der Waals surface area contributed by atoms with Crippen LogP contribution in [0.2, 0.25) is 0 Å². The molecule has 0 fully saturated rings. The fourth-order valence-corrected chi connectivity index (χ4v) is 4.04. The van der Waals surface area contributed by atoms with Crippen molar-refractivity contribution < 1.29 is 38.9 Å². The molecule has 8 nitrogen and oxygen atoms in total. The van der Waals surface area contributed by atoms with E-state index in [0.29, 0.717) is 25.4 Å². The Morgan fingerprint density at radius 3 is 0.918 bits per heavy atom. The van der Waals surface area contributed by atoms with E-state index in [-0.39, 0.29) is 23.9 Å². The van der Waals surface area contributed by atoms with Gasteiger partial charge in [-0.2, -0.15) is 0 Å². The van der Waals surface area contributed by atoms with Gasteiger partial charge < -0.3 is 29.3 Å². The van der Waals surface area contributed by atoms with Crippen LogP contribution in [0.5, 0.6) is 0 Å². The summed E-state index contributed by atoms with van der Waals surface area (Å²) in [6, 6.07) is 0. The fraction of sp³-hybridized carbons (Fsp3) is 0.750. The number of rotatable bonds is 28. The number of unbranched alkanes of at least 4 members (excludes halogenated alkanes) is 20. The third kappa shape index (κ3) is 68.8. The number of ether oxygens (including phenoxy) is 2. The summed E-state index contributed by atoms with van der Waals surface area (Å²) in [6.45, 7) is 17.1. The van der Waals surface area contributed by atoms with Crippen molar-refractivity contribution in [3.8, 4) is 0 Å². The minimum absolute atomic E-state index is 0. The molecule has 0 aliphatic heterocycles. The minimum Gasteiger partial charge on any atom is -0.545 e. The number of hydrogen-bond acceptors (Lipinski definition) is 8. The molecule has 284 valence electrons. The van der Waals surface area contributed by atoms with Crippen LogP contribution in [0.15, 0.2) is 24.3 Å². The number of carbonyl (C=O) groups is 4. The Bertz CT molecular complexity index is 679. The normalized spacial score (nSPS) is 10.1. The summed E-state index contributed by atoms with van der Waals surface area (Å²) in [5.74, 6) is -4.04. The van der Waals surface area contributed by atoms with Gasteiger partial charge >= 0.3 is 35.8 Å². The number of aliphatic carboxylic acids is 2. The molecule has 49 heavy (non-hydrogen) atoms. The first kappa shape index (κ1) is 56.5. The average molecular weight is 800 g/mol. The van der Waals surface area contributed by atoms with Gasteiger partial charge in [-0.05, 0) is 25.0 Å². The molecular weight excluding hydrogens is 727 g/mol. The van der Waals surface area contributed by atoms with E-state index in [2.05, 4.69) is 41.5 Å². The van der Waals surface area contributed by atoms with Crippen LogP contribution in [0.3, 0.4) is 0 Å². The number of carboxylic acid groups (broad SMARTS) is 2. The predicted octanol–water partition coefficient (Wildman–Crippen LogP) is 8.37. The number of carboxylic acids is 2. The quantitative estimate of drug-likeness (QED) is 0.0334. The molecular formula is C40H72O8Sn. The van der Waals surface area contributed by atoms with Crippen LogP contribution in [0.1, 0.15) is 182 Å². The molecule has 0 aromatic heterocycles. The standard InChI is InChI=1S/2C12H20O4.2C8H17.Sn/c2*1-2-3-4-5-6-7-10-16-12(15)9-8-11(13)14;2*1-3-5-7-8-6-4-2;/h2*8-9H,2-7,10H2,1H3,(H,13,14);2*1,3-8H2,2H3;/q;;;;+2/p-2/b2*9-8-;;;. The zero-order valence-corrected chi connectivity index (χ0v) is 34.7. The summed E-state index contributed by atoms with van der Waals surface area (Å²) in [7, 11) is 0. The minimum atomic E-state index is -1.39. The predicted molar refractivity (Wildman–Crippen MR) is 200 cm³/mol. The summed E-state index contributed by atoms with van der Waals surface area (Å²) in [5.41, 5.74) is 0. The van der Waals surface area contributed by atoms with Gasteiger partial charge in [0, 0.05) is 12.2 Å². The van der Waals surface area contributed by atoms with Crippen LogP contribution in [-0.4, -0.2) is 61.0 Å². The van der Waals surface area contributed by atoms with E-state index >= 15 is 0 Å². The van der Waals surface area contributed by atoms with Crippen molar-refractivity contribution in [2.24, 2.45) is 0 Å². The topological polar surface area (TPSA) is 133 Å². The van der Waals surface area contributed by atoms with Gasteiger partial charge in [0.1, 0.15) is 0 Å². The van der Waals surface area contributed by atoms with Gasteiger partial charge in [0.2, 0.25) is 0 Å². The molecule has 0 rings (SSSR count). The summed E-state index contributed by atoms with van der Waals surface area (Å²) < 4.78 is 9.56. The molecule has 0 aliphatic carbocycles. The zero-order valence-electron chi connectivity index (χ0n) is 31.9. The van der Waals surface area contributed by atoms with E-state index in [4.69, 9.17) is 9.47 Å². The van der Waals surface area contributed by atoms with Crippen LogP contribution in [0.25, 0.3) is 0 Å². The Labute approximate surface area is 318 Å². The maximum Gasteiger partial charge on any atom is 2.00 e. The average Bonchev–Trinajstić information content (AvgIpc) is 3.07. The fourth-order valence-electron chi connectivity index (χ4n) is 4.04. The van der Waals surface area contributed by atoms with Crippen molar-refractivity contribution in [3.63, 3.8) is 0 Å². The first-order valence-electron chi connectivity index (χ1n) is 18.9. The molecule has 0 bridgehead atoms. The summed E-state index contributed by atoms with van der Waals surface area (Å²) in [5, 5.41) is 19.9. The van der Waals surface area contributed by atoms with Crippen LogP contribution in [-0.2, 0) is 28.7 Å². The Morgan fingerprint density at radius 1 is 0.429 bits per heavy atom. The maximum atomic E-state index is 10.9. The first-order valence-corrected chi connectivity index (χ1v) is 18.9. The molecule has 0 saturated carbocycles. The summed E-state index contributed by atoms with van der Waals surface area (Å²) in [6.07, 6.45) is 32.4. The van der Waals surface area contributed by atoms with E-state index in [1.807, 2.05) is 0 Å². The van der Waals surface area contributed by atoms with Gasteiger partial charge in [-0.3, -0.25) is 0 Å². The Balaban J connectivity index is -0.000000183. The molecule has 0 aromatic carbocycles. The van der Waals surface area contributed by atoms with E-state index in [9.17, 15) is 29.4 Å². The van der Waals surface area contributed by atoms with Crippen LogP contribution in [0, 0.1) is 13.8 Å². The second kappa shape index (κ2) is 53.0. The number of carbonyl (C=O) groups excluding carboxylic acids is 4. The van der Waals surface area contributed by atoms with Crippen LogP contribution >= 0.6 is 0 Å². The van der Waals surface area contributed by atoms with Crippen molar-refractivity contribution >= 4 is 47.8 Å². The Morgan fingerprint density at radius 2 is 0.673 bits per heavy atom. The number of esters is 2. The SMILES string of the molecule is CCCCCCCCOC(=O)/C=C\C(=O)[O-].CCCCCCCCOC(=O)/C=C\C(=O)[O-].[CH2]CCCCCCC.[CH2]CCCCCCC.[Sn+2]. The van der Waals surface area contributed by atoms with Gasteiger partial charge in [0.05, 0.1) is 25.2 Å². The monoisotopic (exact) mass is 800 g/mol. The molecule has 0 atom stereocenters. The second-order valence-corrected chi connectivity index (χ2v) is 11.7. The van der Waals surface area contributed by atoms with Crippen molar-refractivity contribution in [1.29, 1.82) is 0 Å². The maximum absolute atomic E-state index is 10.9. The molecule has 0 unspecified atom stereocenters. The third-order valence-corrected chi connectivity index (χ3v) is 6.90. The molecule has 0 amide bonds. The molecule has 0 N–H and O–H groups in total. The van der Waals surface area contributed by atoms with Gasteiger partial charge in [0.25, 0.3) is 0 Å². The van der Waals surface area contributed by atoms with E-state index in [1.165, 1.54) is 103 Å². The van der Waals surface area contributed by atoms with Crippen molar-refractivity contribution in [2.75, 3.05) is 13.2 Å². The van der Waals surface area contributed by atoms with Gasteiger partial charge in [-0.25, -0.2) is 9.59 Å². The van der Waals surface area contributed by atoms with Crippen molar-refractivity contribution in [3.05, 3.63) is 38.2 Å². The van der Waals surface area contributed by atoms with Gasteiger partial charge in [0.15, 0.2) is 0 Å². The second-order valence-electron chi connectivity index (χ2n) is 11.7. The molecule has 0 saturated heterocycles. The molecule has 0 spiro atoms. The Kier molecular flexibility index (Phi) is 61.1. The van der Waals surface area contributed by atoms with Gasteiger partial charge in [-0.1, -0.05) is 183 Å². The third-order valence-electron chi connectivity index (χ3n) is 6.90. The summed E-state index contributed by atoms with van der Waals surface area (Å²) in [4.78, 5) is 41.7. The van der Waals surface area contributed by atoms with Gasteiger partial charge in [-0.15, -0.1) is 0 Å². The molecule has 0 heterocycles. The summed E-state index contributed by atoms with van der Waals surface area (Å²) >= 11 is 0. The molecule has 4 radical (unpaired) electrons. The Hall–Kier alpha value is -1.84. The van der Waals surface area contributed by atoms with E-state index < -0.39 is 23.9 Å². The molecule has 0 aromatic rings. The van der Waals surface area contributed by atoms with Crippen molar-refractivity contribution in [1.82, 2.24) is 0 Å². The van der Waals surface area contributed by atoms with Crippen molar-refractivity contribution in [2.45, 2.75) is 182 Å². The van der Waals surface area contributed by atoms with Crippen LogP contribution < -0.4 is 10.2 Å². The van der Waals surface area contributed by atoms with E-state index in [1.54, 1.807) is 0 Å². The van der Waals surface area contributed by atoms with E-state index in [0.717, 1.165) is 63.5 Å². The smallest absolute Gasteiger partial charge is 0.545 e. The number of hydrogen-bond donors (Lipinski definition) is 0. The molecule has 9 heteroatoms. The largest absolute Gasteiger partial charge is 2.00 e. The van der Waals surface area contributed by atoms with Crippen LogP contribution in [0.4, 0.5) is 0 Å². The first-order chi connectivity index (χ1) is 23.2. The zero-order chi connectivity index (χ0) is 36.9.